The molecule has 5 nitrogen and oxygen atoms in total. The fourth-order valence-electron chi connectivity index (χ4n) is 1.70. The van der Waals surface area contributed by atoms with Crippen LogP contribution in [0.4, 0.5) is 0 Å². The summed E-state index contributed by atoms with van der Waals surface area (Å²) in [4.78, 5) is 11.4. The van der Waals surface area contributed by atoms with Crippen molar-refractivity contribution in [3.05, 3.63) is 23.2 Å². The molecule has 0 saturated carbocycles. The van der Waals surface area contributed by atoms with Crippen molar-refractivity contribution in [1.29, 1.82) is 0 Å². The van der Waals surface area contributed by atoms with Crippen molar-refractivity contribution < 1.29 is 23.8 Å². The number of hydrogen-bond donors (Lipinski definition) is 1. The number of ether oxygens (including phenoxy) is 2. The van der Waals surface area contributed by atoms with E-state index in [9.17, 15) is 9.90 Å². The molecule has 0 spiro atoms. The molecule has 1 N–H and O–H groups in total. The zero-order chi connectivity index (χ0) is 13.2. The fraction of sp³-hybridized carbons (Fsp3) is 0.583. The van der Waals surface area contributed by atoms with Gasteiger partial charge in [0.15, 0.2) is 0 Å². The van der Waals surface area contributed by atoms with E-state index in [1.165, 1.54) is 20.3 Å². The number of aryl methyl sites for hydroxylation is 1. The summed E-state index contributed by atoms with van der Waals surface area (Å²) in [7, 11) is 2.77. The lowest BCUT2D eigenvalue weighted by Crippen LogP contribution is -2.29. The Bertz CT molecular complexity index is 400. The minimum atomic E-state index is -1.10. The number of hydrogen-bond acceptors (Lipinski definition) is 5. The van der Waals surface area contributed by atoms with E-state index in [4.69, 9.17) is 9.15 Å². The Morgan fingerprint density at radius 2 is 2.06 bits per heavy atom. The Balaban J connectivity index is 3.12. The molecule has 1 heterocycles. The molecule has 0 aliphatic heterocycles. The molecule has 1 atom stereocenters. The standard InChI is InChI=1S/C12H18O5/c1-7-8(11(13)16-5)6-9(17-7)10(15-4)12(2,3)14/h6,10,14H,1-5H3. The summed E-state index contributed by atoms with van der Waals surface area (Å²) in [6, 6.07) is 1.54. The van der Waals surface area contributed by atoms with Crippen LogP contribution in [-0.4, -0.2) is 30.9 Å². The van der Waals surface area contributed by atoms with Crippen LogP contribution in [-0.2, 0) is 9.47 Å². The van der Waals surface area contributed by atoms with Gasteiger partial charge in [0, 0.05) is 7.11 Å². The van der Waals surface area contributed by atoms with Crippen LogP contribution in [0.2, 0.25) is 0 Å². The topological polar surface area (TPSA) is 68.9 Å². The second-order valence-corrected chi connectivity index (χ2v) is 4.38. The SMILES string of the molecule is COC(=O)c1cc(C(OC)C(C)(C)O)oc1C. The van der Waals surface area contributed by atoms with E-state index < -0.39 is 17.7 Å². The van der Waals surface area contributed by atoms with E-state index >= 15 is 0 Å². The molecule has 1 rings (SSSR count). The van der Waals surface area contributed by atoms with Crippen LogP contribution in [0.25, 0.3) is 0 Å². The molecule has 1 aromatic heterocycles. The van der Waals surface area contributed by atoms with E-state index in [0.29, 0.717) is 17.1 Å². The molecule has 0 fully saturated rings. The first-order valence-electron chi connectivity index (χ1n) is 5.25. The lowest BCUT2D eigenvalue weighted by atomic mass is 9.99. The van der Waals surface area contributed by atoms with E-state index in [1.54, 1.807) is 20.8 Å². The van der Waals surface area contributed by atoms with Crippen LogP contribution < -0.4 is 0 Å². The number of esters is 1. The number of carbonyl (C=O) groups is 1. The third-order valence-corrected chi connectivity index (χ3v) is 2.48. The molecule has 1 aromatic rings. The lowest BCUT2D eigenvalue weighted by Gasteiger charge is -2.25. The molecule has 1 unspecified atom stereocenters. The van der Waals surface area contributed by atoms with E-state index in [1.807, 2.05) is 0 Å². The summed E-state index contributed by atoms with van der Waals surface area (Å²) in [5, 5.41) is 9.93. The Labute approximate surface area is 100 Å². The predicted molar refractivity (Wildman–Crippen MR) is 60.8 cm³/mol. The van der Waals surface area contributed by atoms with Gasteiger partial charge in [-0.2, -0.15) is 0 Å². The van der Waals surface area contributed by atoms with Crippen molar-refractivity contribution in [1.82, 2.24) is 0 Å². The van der Waals surface area contributed by atoms with Crippen molar-refractivity contribution in [2.45, 2.75) is 32.5 Å². The third kappa shape index (κ3) is 2.87. The molecule has 0 saturated heterocycles. The van der Waals surface area contributed by atoms with Crippen molar-refractivity contribution in [3.63, 3.8) is 0 Å². The van der Waals surface area contributed by atoms with Gasteiger partial charge in [0.2, 0.25) is 0 Å². The van der Waals surface area contributed by atoms with Crippen molar-refractivity contribution in [2.75, 3.05) is 14.2 Å². The van der Waals surface area contributed by atoms with Gasteiger partial charge in [0.1, 0.15) is 23.2 Å². The second-order valence-electron chi connectivity index (χ2n) is 4.38. The summed E-state index contributed by atoms with van der Waals surface area (Å²) >= 11 is 0. The largest absolute Gasteiger partial charge is 0.465 e. The quantitative estimate of drug-likeness (QED) is 0.816. The first kappa shape index (κ1) is 13.7. The molecule has 0 bridgehead atoms. The van der Waals surface area contributed by atoms with Crippen LogP contribution in [0.5, 0.6) is 0 Å². The Hall–Kier alpha value is -1.33. The van der Waals surface area contributed by atoms with Gasteiger partial charge in [-0.05, 0) is 26.8 Å². The molecule has 0 aromatic carbocycles. The molecule has 0 amide bonds. The minimum Gasteiger partial charge on any atom is -0.465 e. The monoisotopic (exact) mass is 242 g/mol. The fourth-order valence-corrected chi connectivity index (χ4v) is 1.70. The molecule has 0 aliphatic rings. The average molecular weight is 242 g/mol. The summed E-state index contributed by atoms with van der Waals surface area (Å²) in [6.45, 7) is 4.88. The zero-order valence-electron chi connectivity index (χ0n) is 10.7. The molecule has 0 aliphatic carbocycles. The maximum absolute atomic E-state index is 11.4. The number of carbonyl (C=O) groups excluding carboxylic acids is 1. The van der Waals surface area contributed by atoms with Gasteiger partial charge >= 0.3 is 5.97 Å². The van der Waals surface area contributed by atoms with E-state index in [2.05, 4.69) is 4.74 Å². The normalized spacial score (nSPS) is 13.5. The van der Waals surface area contributed by atoms with Gasteiger partial charge in [0.25, 0.3) is 0 Å². The van der Waals surface area contributed by atoms with E-state index in [-0.39, 0.29) is 0 Å². The molecule has 5 heteroatoms. The molecule has 0 radical (unpaired) electrons. The summed E-state index contributed by atoms with van der Waals surface area (Å²) in [5.74, 6) is 0.374. The summed E-state index contributed by atoms with van der Waals surface area (Å²) in [5.41, 5.74) is -0.763. The predicted octanol–water partition coefficient (Wildman–Crippen LogP) is 1.83. The van der Waals surface area contributed by atoms with Crippen LogP contribution in [0.3, 0.4) is 0 Å². The van der Waals surface area contributed by atoms with Crippen molar-refractivity contribution in [2.24, 2.45) is 0 Å². The van der Waals surface area contributed by atoms with E-state index in [0.717, 1.165) is 0 Å². The number of furan rings is 1. The Morgan fingerprint density at radius 1 is 1.47 bits per heavy atom. The van der Waals surface area contributed by atoms with Gasteiger partial charge in [-0.15, -0.1) is 0 Å². The number of aliphatic hydroxyl groups is 1. The van der Waals surface area contributed by atoms with Crippen LogP contribution in [0.15, 0.2) is 10.5 Å². The number of methoxy groups -OCH3 is 2. The molecule has 17 heavy (non-hydrogen) atoms. The van der Waals surface area contributed by atoms with Crippen molar-refractivity contribution in [3.8, 4) is 0 Å². The highest BCUT2D eigenvalue weighted by Gasteiger charge is 2.32. The van der Waals surface area contributed by atoms with Crippen LogP contribution in [0.1, 0.15) is 41.8 Å². The first-order chi connectivity index (χ1) is 7.81. The smallest absolute Gasteiger partial charge is 0.341 e. The maximum atomic E-state index is 11.4. The van der Waals surface area contributed by atoms with Crippen LogP contribution in [0, 0.1) is 6.92 Å². The summed E-state index contributed by atoms with van der Waals surface area (Å²) < 4.78 is 15.2. The summed E-state index contributed by atoms with van der Waals surface area (Å²) in [6.07, 6.45) is -0.639. The highest BCUT2D eigenvalue weighted by atomic mass is 16.5. The second kappa shape index (κ2) is 4.89. The van der Waals surface area contributed by atoms with Gasteiger partial charge < -0.3 is 19.0 Å². The number of rotatable bonds is 4. The Kier molecular flexibility index (Phi) is 3.95. The third-order valence-electron chi connectivity index (χ3n) is 2.48. The highest BCUT2D eigenvalue weighted by Crippen LogP contribution is 2.31. The van der Waals surface area contributed by atoms with Gasteiger partial charge in [-0.3, -0.25) is 0 Å². The molecular weight excluding hydrogens is 224 g/mol. The average Bonchev–Trinajstić information content (AvgIpc) is 2.58. The lowest BCUT2D eigenvalue weighted by molar-refractivity contribution is -0.0816. The van der Waals surface area contributed by atoms with Gasteiger partial charge in [-0.1, -0.05) is 0 Å². The van der Waals surface area contributed by atoms with Gasteiger partial charge in [0.05, 0.1) is 12.7 Å². The molecular formula is C12H18O5. The highest BCUT2D eigenvalue weighted by molar-refractivity contribution is 5.90. The first-order valence-corrected chi connectivity index (χ1v) is 5.25. The van der Waals surface area contributed by atoms with Crippen molar-refractivity contribution >= 4 is 5.97 Å². The minimum absolute atomic E-state index is 0.341. The van der Waals surface area contributed by atoms with Gasteiger partial charge in [-0.25, -0.2) is 4.79 Å². The zero-order valence-corrected chi connectivity index (χ0v) is 10.7. The Morgan fingerprint density at radius 3 is 2.47 bits per heavy atom. The molecule has 96 valence electrons. The maximum Gasteiger partial charge on any atom is 0.341 e. The van der Waals surface area contributed by atoms with Crippen LogP contribution >= 0.6 is 0 Å².